The molecule has 3 rings (SSSR count). The number of para-hydroxylation sites is 1. The number of amides is 1. The number of benzene rings is 1. The van der Waals surface area contributed by atoms with E-state index in [4.69, 9.17) is 9.47 Å². The van der Waals surface area contributed by atoms with Gasteiger partial charge in [0.05, 0.1) is 13.0 Å². The Morgan fingerprint density at radius 3 is 3.08 bits per heavy atom. The molecule has 26 heavy (non-hydrogen) atoms. The lowest BCUT2D eigenvalue weighted by Gasteiger charge is -2.25. The lowest BCUT2D eigenvalue weighted by atomic mass is 9.95. The second kappa shape index (κ2) is 8.44. The Morgan fingerprint density at radius 2 is 2.31 bits per heavy atom. The lowest BCUT2D eigenvalue weighted by Crippen LogP contribution is -2.38. The average Bonchev–Trinajstić information content (AvgIpc) is 3.03. The highest BCUT2D eigenvalue weighted by atomic mass is 32.2. The summed E-state index contributed by atoms with van der Waals surface area (Å²) in [6.45, 7) is 5.81. The number of nitrogens with zero attached hydrogens (tertiary/aromatic N) is 3. The smallest absolute Gasteiger partial charge is 0.226 e. The fourth-order valence-electron chi connectivity index (χ4n) is 3.02. The van der Waals surface area contributed by atoms with E-state index in [1.54, 1.807) is 18.9 Å². The monoisotopic (exact) mass is 376 g/mol. The lowest BCUT2D eigenvalue weighted by molar-refractivity contribution is -0.126. The van der Waals surface area contributed by atoms with Crippen molar-refractivity contribution in [2.75, 3.05) is 26.0 Å². The summed E-state index contributed by atoms with van der Waals surface area (Å²) in [6.07, 6.45) is 0.662. The van der Waals surface area contributed by atoms with E-state index in [0.717, 1.165) is 34.6 Å². The molecule has 1 amide bonds. The van der Waals surface area contributed by atoms with E-state index in [0.29, 0.717) is 25.3 Å². The molecule has 8 heteroatoms. The minimum absolute atomic E-state index is 0.0206. The molecule has 1 aromatic carbocycles. The first-order valence-electron chi connectivity index (χ1n) is 8.73. The van der Waals surface area contributed by atoms with Crippen LogP contribution in [0.15, 0.2) is 23.4 Å². The number of fused-ring (bicyclic) bond motifs is 1. The third kappa shape index (κ3) is 3.95. The van der Waals surface area contributed by atoms with Crippen molar-refractivity contribution in [1.82, 2.24) is 20.1 Å². The number of nitrogens with one attached hydrogen (secondary N) is 1. The molecular formula is C18H24N4O3S. The molecule has 0 bridgehead atoms. The quantitative estimate of drug-likeness (QED) is 0.589. The molecule has 7 nitrogen and oxygen atoms in total. The molecule has 0 radical (unpaired) electrons. The molecule has 0 saturated heterocycles. The van der Waals surface area contributed by atoms with Crippen molar-refractivity contribution >= 4 is 17.7 Å². The van der Waals surface area contributed by atoms with Gasteiger partial charge in [0.15, 0.2) is 16.7 Å². The van der Waals surface area contributed by atoms with E-state index in [9.17, 15) is 4.79 Å². The Morgan fingerprint density at radius 1 is 1.46 bits per heavy atom. The number of carbonyl (C=O) groups excluding carboxylic acids is 1. The molecule has 140 valence electrons. The standard InChI is InChI=1S/C18H24N4O3S/c1-4-22-12(2)20-21-18(22)26-9-8-19-17(23)14-10-13-6-5-7-15(24-3)16(13)25-11-14/h5-7,14H,4,8-11H2,1-3H3,(H,19,23)/t14-/m0/s1. The summed E-state index contributed by atoms with van der Waals surface area (Å²) in [5, 5.41) is 12.1. The zero-order valence-electron chi connectivity index (χ0n) is 15.3. The van der Waals surface area contributed by atoms with Gasteiger partial charge in [-0.25, -0.2) is 0 Å². The Hall–Kier alpha value is -2.22. The first-order chi connectivity index (χ1) is 12.6. The number of aromatic nitrogens is 3. The molecule has 1 atom stereocenters. The van der Waals surface area contributed by atoms with Gasteiger partial charge in [-0.15, -0.1) is 10.2 Å². The first-order valence-corrected chi connectivity index (χ1v) is 9.71. The van der Waals surface area contributed by atoms with Crippen LogP contribution in [0.4, 0.5) is 0 Å². The van der Waals surface area contributed by atoms with E-state index in [2.05, 4.69) is 27.0 Å². The third-order valence-corrected chi connectivity index (χ3v) is 5.37. The summed E-state index contributed by atoms with van der Waals surface area (Å²) in [5.74, 6) is 2.97. The normalized spacial score (nSPS) is 15.9. The zero-order valence-corrected chi connectivity index (χ0v) is 16.1. The van der Waals surface area contributed by atoms with Crippen molar-refractivity contribution < 1.29 is 14.3 Å². The maximum absolute atomic E-state index is 12.4. The van der Waals surface area contributed by atoms with Crippen LogP contribution in [-0.2, 0) is 17.8 Å². The van der Waals surface area contributed by atoms with Crippen LogP contribution in [-0.4, -0.2) is 46.7 Å². The van der Waals surface area contributed by atoms with Crippen LogP contribution < -0.4 is 14.8 Å². The van der Waals surface area contributed by atoms with Gasteiger partial charge >= 0.3 is 0 Å². The Bertz CT molecular complexity index is 778. The number of thioether (sulfide) groups is 1. The summed E-state index contributed by atoms with van der Waals surface area (Å²) in [6, 6.07) is 5.77. The Kier molecular flexibility index (Phi) is 6.03. The van der Waals surface area contributed by atoms with Gasteiger partial charge in [-0.3, -0.25) is 4.79 Å². The van der Waals surface area contributed by atoms with Crippen LogP contribution in [0, 0.1) is 12.8 Å². The highest BCUT2D eigenvalue weighted by molar-refractivity contribution is 7.99. The highest BCUT2D eigenvalue weighted by Crippen LogP contribution is 2.36. The van der Waals surface area contributed by atoms with Crippen molar-refractivity contribution in [2.45, 2.75) is 32.0 Å². The van der Waals surface area contributed by atoms with Crippen molar-refractivity contribution in [3.63, 3.8) is 0 Å². The van der Waals surface area contributed by atoms with E-state index in [-0.39, 0.29) is 11.8 Å². The van der Waals surface area contributed by atoms with Gasteiger partial charge in [0.25, 0.3) is 0 Å². The molecule has 0 aliphatic carbocycles. The summed E-state index contributed by atoms with van der Waals surface area (Å²) in [4.78, 5) is 12.4. The maximum atomic E-state index is 12.4. The van der Waals surface area contributed by atoms with Crippen LogP contribution in [0.2, 0.25) is 0 Å². The van der Waals surface area contributed by atoms with Gasteiger partial charge in [0.2, 0.25) is 5.91 Å². The maximum Gasteiger partial charge on any atom is 0.226 e. The van der Waals surface area contributed by atoms with Gasteiger partial charge in [0.1, 0.15) is 12.4 Å². The molecular weight excluding hydrogens is 352 g/mol. The molecule has 0 fully saturated rings. The van der Waals surface area contributed by atoms with Crippen molar-refractivity contribution in [3.8, 4) is 11.5 Å². The molecule has 2 heterocycles. The second-order valence-corrected chi connectivity index (χ2v) is 7.14. The predicted octanol–water partition coefficient (Wildman–Crippen LogP) is 2.07. The average molecular weight is 376 g/mol. The number of ether oxygens (including phenoxy) is 2. The molecule has 2 aromatic rings. The molecule has 1 aromatic heterocycles. The van der Waals surface area contributed by atoms with E-state index in [1.165, 1.54) is 0 Å². The predicted molar refractivity (Wildman–Crippen MR) is 99.8 cm³/mol. The van der Waals surface area contributed by atoms with Gasteiger partial charge in [-0.1, -0.05) is 23.9 Å². The molecule has 0 unspecified atom stereocenters. The van der Waals surface area contributed by atoms with Crippen LogP contribution in [0.1, 0.15) is 18.3 Å². The van der Waals surface area contributed by atoms with Crippen molar-refractivity contribution in [3.05, 3.63) is 29.6 Å². The Labute approximate surface area is 157 Å². The van der Waals surface area contributed by atoms with Crippen LogP contribution in [0.3, 0.4) is 0 Å². The number of hydrogen-bond acceptors (Lipinski definition) is 6. The summed E-state index contributed by atoms with van der Waals surface area (Å²) < 4.78 is 13.1. The number of rotatable bonds is 7. The fraction of sp³-hybridized carbons (Fsp3) is 0.500. The van der Waals surface area contributed by atoms with Crippen molar-refractivity contribution in [2.24, 2.45) is 5.92 Å². The number of methoxy groups -OCH3 is 1. The topological polar surface area (TPSA) is 78.3 Å². The molecule has 1 N–H and O–H groups in total. The summed E-state index contributed by atoms with van der Waals surface area (Å²) >= 11 is 1.60. The van der Waals surface area contributed by atoms with Crippen molar-refractivity contribution in [1.29, 1.82) is 0 Å². The molecule has 1 aliphatic heterocycles. The van der Waals surface area contributed by atoms with Gasteiger partial charge in [-0.2, -0.15) is 0 Å². The van der Waals surface area contributed by atoms with Gasteiger partial charge in [-0.05, 0) is 31.9 Å². The zero-order chi connectivity index (χ0) is 18.5. The largest absolute Gasteiger partial charge is 0.493 e. The van der Waals surface area contributed by atoms with Gasteiger partial charge in [0, 0.05) is 18.8 Å². The molecule has 1 aliphatic rings. The summed E-state index contributed by atoms with van der Waals surface area (Å²) in [7, 11) is 1.62. The van der Waals surface area contributed by atoms with Crippen LogP contribution in [0.25, 0.3) is 0 Å². The second-order valence-electron chi connectivity index (χ2n) is 6.07. The number of aryl methyl sites for hydroxylation is 1. The van der Waals surface area contributed by atoms with Crippen LogP contribution >= 0.6 is 11.8 Å². The first kappa shape index (κ1) is 18.6. The highest BCUT2D eigenvalue weighted by Gasteiger charge is 2.27. The summed E-state index contributed by atoms with van der Waals surface area (Å²) in [5.41, 5.74) is 1.01. The van der Waals surface area contributed by atoms with Gasteiger partial charge < -0.3 is 19.4 Å². The number of carbonyl (C=O) groups is 1. The minimum atomic E-state index is -0.179. The molecule has 0 spiro atoms. The van der Waals surface area contributed by atoms with E-state index in [1.807, 2.05) is 25.1 Å². The molecule has 0 saturated carbocycles. The third-order valence-electron chi connectivity index (χ3n) is 4.40. The van der Waals surface area contributed by atoms with Crippen LogP contribution in [0.5, 0.6) is 11.5 Å². The van der Waals surface area contributed by atoms with E-state index < -0.39 is 0 Å². The fourth-order valence-corrected chi connectivity index (χ4v) is 3.92. The number of hydrogen-bond donors (Lipinski definition) is 1. The SMILES string of the molecule is CCn1c(C)nnc1SCCNC(=O)[C@@H]1COc2c(cccc2OC)C1. The minimum Gasteiger partial charge on any atom is -0.493 e. The Balaban J connectivity index is 1.48. The van der Waals surface area contributed by atoms with E-state index >= 15 is 0 Å².